The Labute approximate surface area is 104 Å². The molecule has 0 amide bonds. The van der Waals surface area contributed by atoms with Crippen molar-refractivity contribution in [1.82, 2.24) is 9.78 Å². The van der Waals surface area contributed by atoms with Crippen LogP contribution in [0.4, 0.5) is 4.39 Å². The molecule has 1 aliphatic rings. The second kappa shape index (κ2) is 5.65. The fourth-order valence-electron chi connectivity index (χ4n) is 2.50. The summed E-state index contributed by atoms with van der Waals surface area (Å²) in [6, 6.07) is 2.05. The minimum absolute atomic E-state index is 0.470. The normalized spacial score (nSPS) is 27.4. The Morgan fingerprint density at radius 1 is 1.47 bits per heavy atom. The van der Waals surface area contributed by atoms with Gasteiger partial charge in [0.25, 0.3) is 0 Å². The van der Waals surface area contributed by atoms with Crippen LogP contribution in [0, 0.1) is 5.92 Å². The van der Waals surface area contributed by atoms with Gasteiger partial charge >= 0.3 is 0 Å². The lowest BCUT2D eigenvalue weighted by atomic mass is 9.73. The van der Waals surface area contributed by atoms with Crippen LogP contribution in [-0.4, -0.2) is 15.4 Å². The van der Waals surface area contributed by atoms with Gasteiger partial charge in [0.15, 0.2) is 0 Å². The first-order chi connectivity index (χ1) is 7.98. The number of hydrogen-bond donors (Lipinski definition) is 0. The highest BCUT2D eigenvalue weighted by Gasteiger charge is 2.40. The molecule has 0 N–H and O–H groups in total. The molecule has 1 aromatic heterocycles. The maximum absolute atomic E-state index is 13.3. The molecule has 1 heterocycles. The topological polar surface area (TPSA) is 17.8 Å². The molecule has 1 fully saturated rings. The second-order valence-corrected chi connectivity index (χ2v) is 5.28. The SMILES string of the molecule is CC.CC(C)c1ccnn1CC1CC(C)(F)C1. The summed E-state index contributed by atoms with van der Waals surface area (Å²) in [5.41, 5.74) is 0.331. The fraction of sp³-hybridized carbons (Fsp3) is 0.786. The summed E-state index contributed by atoms with van der Waals surface area (Å²) < 4.78 is 15.3. The Morgan fingerprint density at radius 3 is 2.53 bits per heavy atom. The van der Waals surface area contributed by atoms with Crippen LogP contribution >= 0.6 is 0 Å². The average molecular weight is 240 g/mol. The molecule has 17 heavy (non-hydrogen) atoms. The number of rotatable bonds is 3. The number of nitrogens with zero attached hydrogens (tertiary/aromatic N) is 2. The predicted molar refractivity (Wildman–Crippen MR) is 69.9 cm³/mol. The summed E-state index contributed by atoms with van der Waals surface area (Å²) in [5.74, 6) is 0.960. The Hall–Kier alpha value is -0.860. The molecular formula is C14H25FN2. The predicted octanol–water partition coefficient (Wildman–Crippen LogP) is 4.17. The van der Waals surface area contributed by atoms with Gasteiger partial charge in [-0.1, -0.05) is 27.7 Å². The third-order valence-electron chi connectivity index (χ3n) is 3.20. The summed E-state index contributed by atoms with van der Waals surface area (Å²) in [4.78, 5) is 0. The van der Waals surface area contributed by atoms with Gasteiger partial charge in [-0.3, -0.25) is 4.68 Å². The van der Waals surface area contributed by atoms with Gasteiger partial charge in [0.2, 0.25) is 0 Å². The zero-order chi connectivity index (χ0) is 13.1. The van der Waals surface area contributed by atoms with Gasteiger partial charge in [-0.15, -0.1) is 0 Å². The minimum Gasteiger partial charge on any atom is -0.269 e. The lowest BCUT2D eigenvalue weighted by Crippen LogP contribution is -2.39. The Bertz CT molecular complexity index is 334. The molecule has 2 nitrogen and oxygen atoms in total. The van der Waals surface area contributed by atoms with Gasteiger partial charge in [0, 0.05) is 18.4 Å². The third kappa shape index (κ3) is 3.55. The molecule has 0 unspecified atom stereocenters. The van der Waals surface area contributed by atoms with Crippen LogP contribution in [0.2, 0.25) is 0 Å². The Balaban J connectivity index is 0.000000686. The van der Waals surface area contributed by atoms with Crippen LogP contribution in [0.1, 0.15) is 59.1 Å². The van der Waals surface area contributed by atoms with E-state index in [2.05, 4.69) is 25.0 Å². The fourth-order valence-corrected chi connectivity index (χ4v) is 2.50. The van der Waals surface area contributed by atoms with Crippen molar-refractivity contribution in [2.75, 3.05) is 0 Å². The van der Waals surface area contributed by atoms with Gasteiger partial charge in [0.1, 0.15) is 5.67 Å². The van der Waals surface area contributed by atoms with Crippen LogP contribution < -0.4 is 0 Å². The molecular weight excluding hydrogens is 215 g/mol. The van der Waals surface area contributed by atoms with Gasteiger partial charge in [-0.25, -0.2) is 4.39 Å². The van der Waals surface area contributed by atoms with E-state index in [-0.39, 0.29) is 0 Å². The van der Waals surface area contributed by atoms with Crippen molar-refractivity contribution in [3.8, 4) is 0 Å². The molecule has 0 spiro atoms. The van der Waals surface area contributed by atoms with Crippen molar-refractivity contribution < 1.29 is 4.39 Å². The van der Waals surface area contributed by atoms with Crippen molar-refractivity contribution >= 4 is 0 Å². The first-order valence-corrected chi connectivity index (χ1v) is 6.68. The molecule has 0 bridgehead atoms. The third-order valence-corrected chi connectivity index (χ3v) is 3.20. The second-order valence-electron chi connectivity index (χ2n) is 5.28. The van der Waals surface area contributed by atoms with Crippen molar-refractivity contribution in [1.29, 1.82) is 0 Å². The van der Waals surface area contributed by atoms with Crippen molar-refractivity contribution in [2.45, 2.75) is 65.6 Å². The molecule has 1 saturated carbocycles. The number of hydrogen-bond acceptors (Lipinski definition) is 1. The Morgan fingerprint density at radius 2 is 2.06 bits per heavy atom. The van der Waals surface area contributed by atoms with E-state index in [1.165, 1.54) is 5.69 Å². The molecule has 0 aromatic carbocycles. The van der Waals surface area contributed by atoms with Crippen LogP contribution in [-0.2, 0) is 6.54 Å². The molecule has 98 valence electrons. The van der Waals surface area contributed by atoms with Gasteiger partial charge in [0.05, 0.1) is 0 Å². The highest BCUT2D eigenvalue weighted by molar-refractivity contribution is 5.06. The van der Waals surface area contributed by atoms with Crippen LogP contribution in [0.15, 0.2) is 12.3 Å². The first-order valence-electron chi connectivity index (χ1n) is 6.68. The average Bonchev–Trinajstić information content (AvgIpc) is 2.66. The van der Waals surface area contributed by atoms with E-state index in [4.69, 9.17) is 0 Å². The lowest BCUT2D eigenvalue weighted by molar-refractivity contribution is 0.0151. The maximum atomic E-state index is 13.3. The van der Waals surface area contributed by atoms with Gasteiger partial charge in [-0.2, -0.15) is 5.10 Å². The number of aromatic nitrogens is 2. The van der Waals surface area contributed by atoms with Gasteiger partial charge in [-0.05, 0) is 37.7 Å². The zero-order valence-electron chi connectivity index (χ0n) is 11.7. The van der Waals surface area contributed by atoms with Crippen molar-refractivity contribution in [3.05, 3.63) is 18.0 Å². The van der Waals surface area contributed by atoms with Crippen LogP contribution in [0.3, 0.4) is 0 Å². The van der Waals surface area contributed by atoms with E-state index in [0.29, 0.717) is 24.7 Å². The van der Waals surface area contributed by atoms with Crippen LogP contribution in [0.25, 0.3) is 0 Å². The minimum atomic E-state index is -0.921. The Kier molecular flexibility index (Phi) is 4.72. The number of alkyl halides is 1. The summed E-state index contributed by atoms with van der Waals surface area (Å²) in [7, 11) is 0. The molecule has 2 rings (SSSR count). The lowest BCUT2D eigenvalue weighted by Gasteiger charge is -2.38. The highest BCUT2D eigenvalue weighted by atomic mass is 19.1. The standard InChI is InChI=1S/C12H19FN2.C2H6/c1-9(2)11-4-5-14-15(11)8-10-6-12(3,13)7-10;1-2/h4-5,9-10H,6-8H2,1-3H3;1-2H3. The molecule has 0 atom stereocenters. The van der Waals surface area contributed by atoms with Crippen LogP contribution in [0.5, 0.6) is 0 Å². The molecule has 0 radical (unpaired) electrons. The zero-order valence-corrected chi connectivity index (χ0v) is 11.7. The van der Waals surface area contributed by atoms with E-state index in [9.17, 15) is 4.39 Å². The molecule has 3 heteroatoms. The molecule has 1 aliphatic carbocycles. The molecule has 0 saturated heterocycles. The van der Waals surface area contributed by atoms with E-state index < -0.39 is 5.67 Å². The van der Waals surface area contributed by atoms with E-state index in [1.807, 2.05) is 24.7 Å². The van der Waals surface area contributed by atoms with Crippen molar-refractivity contribution in [2.24, 2.45) is 5.92 Å². The molecule has 0 aliphatic heterocycles. The number of halogens is 1. The van der Waals surface area contributed by atoms with E-state index in [1.54, 1.807) is 6.92 Å². The summed E-state index contributed by atoms with van der Waals surface area (Å²) >= 11 is 0. The monoisotopic (exact) mass is 240 g/mol. The maximum Gasteiger partial charge on any atom is 0.109 e. The summed E-state index contributed by atoms with van der Waals surface area (Å²) in [6.07, 6.45) is 3.21. The molecule has 1 aromatic rings. The van der Waals surface area contributed by atoms with E-state index in [0.717, 1.165) is 6.54 Å². The first kappa shape index (κ1) is 14.2. The quantitative estimate of drug-likeness (QED) is 0.775. The largest absolute Gasteiger partial charge is 0.269 e. The highest BCUT2D eigenvalue weighted by Crippen LogP contribution is 2.41. The summed E-state index contributed by atoms with van der Waals surface area (Å²) in [5, 5.41) is 4.30. The van der Waals surface area contributed by atoms with E-state index >= 15 is 0 Å². The van der Waals surface area contributed by atoms with Gasteiger partial charge < -0.3 is 0 Å². The smallest absolute Gasteiger partial charge is 0.109 e. The summed E-state index contributed by atoms with van der Waals surface area (Å²) in [6.45, 7) is 10.9. The van der Waals surface area contributed by atoms with Crippen molar-refractivity contribution in [3.63, 3.8) is 0 Å².